The van der Waals surface area contributed by atoms with E-state index in [2.05, 4.69) is 15.3 Å². The van der Waals surface area contributed by atoms with Crippen molar-refractivity contribution in [2.75, 3.05) is 49.1 Å². The van der Waals surface area contributed by atoms with Gasteiger partial charge in [-0.25, -0.2) is 19.2 Å². The van der Waals surface area contributed by atoms with Gasteiger partial charge in [0.05, 0.1) is 29.9 Å². The zero-order valence-corrected chi connectivity index (χ0v) is 22.4. The molecule has 2 fully saturated rings. The smallest absolute Gasteiger partial charge is 0.417 e. The highest BCUT2D eigenvalue weighted by Gasteiger charge is 2.36. The molecule has 10 nitrogen and oxygen atoms in total. The second-order valence-electron chi connectivity index (χ2n) is 9.81. The molecule has 0 spiro atoms. The van der Waals surface area contributed by atoms with Crippen molar-refractivity contribution in [2.45, 2.75) is 19.2 Å². The van der Waals surface area contributed by atoms with Crippen LogP contribution in [0.4, 0.5) is 34.0 Å². The summed E-state index contributed by atoms with van der Waals surface area (Å²) in [5, 5.41) is 2.58. The predicted octanol–water partition coefficient (Wildman–Crippen LogP) is 3.73. The maximum atomic E-state index is 15.1. The van der Waals surface area contributed by atoms with Gasteiger partial charge in [0, 0.05) is 56.6 Å². The zero-order valence-electron chi connectivity index (χ0n) is 22.4. The second-order valence-corrected chi connectivity index (χ2v) is 9.81. The number of piperazine rings is 1. The van der Waals surface area contributed by atoms with Gasteiger partial charge in [-0.2, -0.15) is 13.2 Å². The number of carbonyl (C=O) groups is 3. The number of hydrogen-bond donors (Lipinski definition) is 1. The first-order chi connectivity index (χ1) is 20.0. The van der Waals surface area contributed by atoms with Crippen LogP contribution >= 0.6 is 0 Å². The Morgan fingerprint density at radius 2 is 1.74 bits per heavy atom. The molecule has 0 unspecified atom stereocenters. The van der Waals surface area contributed by atoms with E-state index in [1.165, 1.54) is 59.4 Å². The van der Waals surface area contributed by atoms with E-state index in [9.17, 15) is 27.6 Å². The fraction of sp³-hybridized carbons (Fsp3) is 0.321. The van der Waals surface area contributed by atoms with Crippen LogP contribution in [0.3, 0.4) is 0 Å². The lowest BCUT2D eigenvalue weighted by Gasteiger charge is -2.35. The van der Waals surface area contributed by atoms with Gasteiger partial charge in [0.2, 0.25) is 11.9 Å². The topological polar surface area (TPSA) is 108 Å². The standard InChI is InChI=1S/C28H26F4N6O4/c1-17(39)33-15-20-16-38(27(41)42-20)19-6-7-21(24(29)12-19)18-13-34-26(35-14-18)37-10-8-36(9-11-37)25(40)22-4-2-3-5-23(22)28(30,31)32/h2-7,12-14,20H,8-11,15-16H2,1H3,(H,33,39)/t20-/m0/s1. The minimum atomic E-state index is -4.64. The summed E-state index contributed by atoms with van der Waals surface area (Å²) in [6.07, 6.45) is -2.94. The van der Waals surface area contributed by atoms with Gasteiger partial charge in [0.15, 0.2) is 0 Å². The van der Waals surface area contributed by atoms with Crippen molar-refractivity contribution in [3.8, 4) is 11.1 Å². The van der Waals surface area contributed by atoms with Crippen molar-refractivity contribution in [3.05, 3.63) is 71.8 Å². The molecular weight excluding hydrogens is 560 g/mol. The molecule has 0 bridgehead atoms. The molecule has 220 valence electrons. The van der Waals surface area contributed by atoms with Crippen LogP contribution in [-0.2, 0) is 15.7 Å². The van der Waals surface area contributed by atoms with Crippen molar-refractivity contribution in [3.63, 3.8) is 0 Å². The summed E-state index contributed by atoms with van der Waals surface area (Å²) in [7, 11) is 0. The number of halogens is 4. The Labute approximate surface area is 237 Å². The Balaban J connectivity index is 1.21. The Kier molecular flexibility index (Phi) is 7.96. The molecule has 5 rings (SSSR count). The molecule has 0 aliphatic carbocycles. The van der Waals surface area contributed by atoms with Crippen molar-refractivity contribution >= 4 is 29.5 Å². The molecule has 2 aliphatic heterocycles. The SMILES string of the molecule is CC(=O)NC[C@H]1CN(c2ccc(-c3cnc(N4CCN(C(=O)c5ccccc5C(F)(F)F)CC4)nc3)c(F)c2)C(=O)O1. The highest BCUT2D eigenvalue weighted by atomic mass is 19.4. The number of rotatable bonds is 6. The van der Waals surface area contributed by atoms with Crippen LogP contribution in [0.1, 0.15) is 22.8 Å². The molecule has 3 aromatic rings. The first-order valence-electron chi connectivity index (χ1n) is 13.1. The Morgan fingerprint density at radius 1 is 1.05 bits per heavy atom. The van der Waals surface area contributed by atoms with Crippen LogP contribution in [0.2, 0.25) is 0 Å². The fourth-order valence-corrected chi connectivity index (χ4v) is 4.82. The number of cyclic esters (lactones) is 1. The highest BCUT2D eigenvalue weighted by molar-refractivity contribution is 5.96. The van der Waals surface area contributed by atoms with Gasteiger partial charge in [-0.3, -0.25) is 14.5 Å². The fourth-order valence-electron chi connectivity index (χ4n) is 4.82. The summed E-state index contributed by atoms with van der Waals surface area (Å²) in [6, 6.07) is 8.99. The third kappa shape index (κ3) is 6.11. The molecular formula is C28H26F4N6O4. The number of nitrogens with one attached hydrogen (secondary N) is 1. The van der Waals surface area contributed by atoms with Crippen LogP contribution in [0.15, 0.2) is 54.9 Å². The molecule has 1 atom stereocenters. The van der Waals surface area contributed by atoms with Crippen LogP contribution in [0.5, 0.6) is 0 Å². The number of aromatic nitrogens is 2. The number of ether oxygens (including phenoxy) is 1. The van der Waals surface area contributed by atoms with Gasteiger partial charge >= 0.3 is 12.3 Å². The van der Waals surface area contributed by atoms with Crippen molar-refractivity contribution < 1.29 is 36.7 Å². The van der Waals surface area contributed by atoms with E-state index in [0.717, 1.165) is 6.07 Å². The number of carbonyl (C=O) groups excluding carboxylic acids is 3. The molecule has 42 heavy (non-hydrogen) atoms. The van der Waals surface area contributed by atoms with Gasteiger partial charge in [-0.15, -0.1) is 0 Å². The Bertz CT molecular complexity index is 1490. The summed E-state index contributed by atoms with van der Waals surface area (Å²) in [5.41, 5.74) is -0.449. The Morgan fingerprint density at radius 3 is 2.38 bits per heavy atom. The molecule has 0 radical (unpaired) electrons. The number of amides is 3. The number of anilines is 2. The number of hydrogen-bond acceptors (Lipinski definition) is 7. The van der Waals surface area contributed by atoms with Gasteiger partial charge < -0.3 is 19.9 Å². The molecule has 14 heteroatoms. The van der Waals surface area contributed by atoms with Crippen LogP contribution in [0.25, 0.3) is 11.1 Å². The summed E-state index contributed by atoms with van der Waals surface area (Å²) in [6.45, 7) is 2.62. The van der Waals surface area contributed by atoms with Gasteiger partial charge in [0.25, 0.3) is 5.91 Å². The average molecular weight is 587 g/mol. The van der Waals surface area contributed by atoms with E-state index >= 15 is 4.39 Å². The molecule has 0 saturated carbocycles. The lowest BCUT2D eigenvalue weighted by molar-refractivity contribution is -0.138. The van der Waals surface area contributed by atoms with E-state index in [4.69, 9.17) is 4.74 Å². The van der Waals surface area contributed by atoms with Crippen molar-refractivity contribution in [1.29, 1.82) is 0 Å². The molecule has 2 saturated heterocycles. The zero-order chi connectivity index (χ0) is 30.0. The third-order valence-corrected chi connectivity index (χ3v) is 6.98. The second kappa shape index (κ2) is 11.6. The molecule has 1 aromatic heterocycles. The summed E-state index contributed by atoms with van der Waals surface area (Å²) in [5.74, 6) is -1.21. The average Bonchev–Trinajstić information content (AvgIpc) is 3.35. The predicted molar refractivity (Wildman–Crippen MR) is 143 cm³/mol. The van der Waals surface area contributed by atoms with E-state index in [1.807, 2.05) is 0 Å². The number of alkyl halides is 3. The largest absolute Gasteiger partial charge is 0.442 e. The summed E-state index contributed by atoms with van der Waals surface area (Å²) >= 11 is 0. The lowest BCUT2D eigenvalue weighted by Crippen LogP contribution is -2.49. The van der Waals surface area contributed by atoms with E-state index < -0.39 is 41.2 Å². The van der Waals surface area contributed by atoms with Gasteiger partial charge in [-0.1, -0.05) is 12.1 Å². The summed E-state index contributed by atoms with van der Waals surface area (Å²) in [4.78, 5) is 49.3. The molecule has 2 aromatic carbocycles. The normalized spacial score (nSPS) is 17.3. The number of nitrogens with zero attached hydrogens (tertiary/aromatic N) is 5. The molecule has 2 aliphatic rings. The minimum absolute atomic E-state index is 0.152. The third-order valence-electron chi connectivity index (χ3n) is 6.98. The quantitative estimate of drug-likeness (QED) is 0.439. The van der Waals surface area contributed by atoms with Gasteiger partial charge in [0.1, 0.15) is 11.9 Å². The summed E-state index contributed by atoms with van der Waals surface area (Å²) < 4.78 is 60.4. The Hall–Kier alpha value is -4.75. The first kappa shape index (κ1) is 28.8. The van der Waals surface area contributed by atoms with E-state index in [-0.39, 0.29) is 37.6 Å². The molecule has 3 heterocycles. The van der Waals surface area contributed by atoms with Crippen molar-refractivity contribution in [2.24, 2.45) is 0 Å². The first-order valence-corrected chi connectivity index (χ1v) is 13.1. The highest BCUT2D eigenvalue weighted by Crippen LogP contribution is 2.33. The maximum absolute atomic E-state index is 15.1. The lowest BCUT2D eigenvalue weighted by atomic mass is 10.1. The molecule has 3 amide bonds. The van der Waals surface area contributed by atoms with Gasteiger partial charge in [-0.05, 0) is 30.3 Å². The van der Waals surface area contributed by atoms with E-state index in [1.54, 1.807) is 11.0 Å². The van der Waals surface area contributed by atoms with Crippen molar-refractivity contribution in [1.82, 2.24) is 20.2 Å². The minimum Gasteiger partial charge on any atom is -0.442 e. The van der Waals surface area contributed by atoms with Crippen LogP contribution < -0.4 is 15.1 Å². The monoisotopic (exact) mass is 586 g/mol. The maximum Gasteiger partial charge on any atom is 0.417 e. The van der Waals surface area contributed by atoms with E-state index in [0.29, 0.717) is 30.3 Å². The number of benzene rings is 2. The van der Waals surface area contributed by atoms with Crippen LogP contribution in [0, 0.1) is 5.82 Å². The molecule has 1 N–H and O–H groups in total. The van der Waals surface area contributed by atoms with Crippen LogP contribution in [-0.4, -0.2) is 78.1 Å².